The first kappa shape index (κ1) is 19.8. The van der Waals surface area contributed by atoms with Gasteiger partial charge in [0.2, 0.25) is 0 Å². The Morgan fingerprint density at radius 1 is 1.41 bits per heavy atom. The van der Waals surface area contributed by atoms with E-state index >= 15 is 0 Å². The number of aromatic nitrogens is 1. The summed E-state index contributed by atoms with van der Waals surface area (Å²) in [4.78, 5) is 28.2. The molecule has 1 spiro atoms. The smallest absolute Gasteiger partial charge is 0.290 e. The molecule has 7 nitrogen and oxygen atoms in total. The Balaban J connectivity index is 0.000000645. The molecule has 3 fully saturated rings. The number of nitrogens with zero attached hydrogens (tertiary/aromatic N) is 2. The molecule has 4 atom stereocenters. The number of hydrogen-bond acceptors (Lipinski definition) is 5. The number of carbonyl (C=O) groups excluding carboxylic acids is 1. The van der Waals surface area contributed by atoms with Gasteiger partial charge in [0.15, 0.2) is 0 Å². The van der Waals surface area contributed by atoms with E-state index in [1.807, 2.05) is 43.0 Å². The molecule has 29 heavy (non-hydrogen) atoms. The topological polar surface area (TPSA) is 100.0 Å². The number of carbonyl (C=O) groups is 2. The van der Waals surface area contributed by atoms with E-state index < -0.39 is 0 Å². The molecule has 0 saturated carbocycles. The summed E-state index contributed by atoms with van der Waals surface area (Å²) < 4.78 is 6.25. The summed E-state index contributed by atoms with van der Waals surface area (Å²) in [6.45, 7) is 5.16. The van der Waals surface area contributed by atoms with E-state index in [-0.39, 0.29) is 42.5 Å². The number of ether oxygens (including phenoxy) is 1. The number of rotatable bonds is 2. The third-order valence-corrected chi connectivity index (χ3v) is 6.75. The van der Waals surface area contributed by atoms with Crippen LogP contribution in [-0.4, -0.2) is 63.9 Å². The number of amides is 1. The minimum Gasteiger partial charge on any atom is -0.483 e. The molecule has 154 valence electrons. The van der Waals surface area contributed by atoms with Crippen molar-refractivity contribution in [3.05, 3.63) is 41.1 Å². The van der Waals surface area contributed by atoms with E-state index in [1.54, 1.807) is 0 Å². The van der Waals surface area contributed by atoms with E-state index in [0.29, 0.717) is 18.7 Å². The molecule has 1 aromatic carbocycles. The van der Waals surface area contributed by atoms with Crippen LogP contribution in [0.5, 0.6) is 0 Å². The Morgan fingerprint density at radius 3 is 2.90 bits per heavy atom. The molecule has 7 heteroatoms. The maximum absolute atomic E-state index is 13.3. The Morgan fingerprint density at radius 2 is 2.17 bits per heavy atom. The molecule has 4 heterocycles. The molecule has 2 bridgehead atoms. The molecule has 2 N–H and O–H groups in total. The average Bonchev–Trinajstić information content (AvgIpc) is 3.36. The molecule has 0 unspecified atom stereocenters. The van der Waals surface area contributed by atoms with Gasteiger partial charge in [-0.05, 0) is 38.3 Å². The van der Waals surface area contributed by atoms with E-state index in [1.165, 1.54) is 0 Å². The molecule has 3 aliphatic rings. The second kappa shape index (κ2) is 7.39. The average molecular weight is 398 g/mol. The summed E-state index contributed by atoms with van der Waals surface area (Å²) >= 11 is 0. The van der Waals surface area contributed by atoms with E-state index in [9.17, 15) is 9.90 Å². The molecule has 5 rings (SSSR count). The van der Waals surface area contributed by atoms with Crippen LogP contribution in [0.15, 0.2) is 24.3 Å². The third kappa shape index (κ3) is 3.09. The van der Waals surface area contributed by atoms with Gasteiger partial charge in [0, 0.05) is 30.4 Å². The molecule has 3 saturated heterocycles. The molecule has 1 aromatic heterocycles. The van der Waals surface area contributed by atoms with E-state index in [4.69, 9.17) is 19.6 Å². The summed E-state index contributed by atoms with van der Waals surface area (Å²) in [6, 6.07) is 8.02. The largest absolute Gasteiger partial charge is 0.483 e. The second-order valence-electron chi connectivity index (χ2n) is 8.27. The number of hydrogen-bond donors (Lipinski definition) is 2. The van der Waals surface area contributed by atoms with Gasteiger partial charge in [-0.15, -0.1) is 0 Å². The van der Waals surface area contributed by atoms with Gasteiger partial charge in [0.1, 0.15) is 0 Å². The maximum atomic E-state index is 13.3. The van der Waals surface area contributed by atoms with Crippen molar-refractivity contribution in [2.75, 3.05) is 19.7 Å². The SMILES string of the molecule is Cc1nc2c(C)cccc2cc1C(=O)N1C[C@@H]2[C@H](CO)[C@H]3CC[C@]2(C1)O3.O=CO. The van der Waals surface area contributed by atoms with Gasteiger partial charge in [0.05, 0.1) is 35.0 Å². The Labute approximate surface area is 169 Å². The van der Waals surface area contributed by atoms with Crippen LogP contribution >= 0.6 is 0 Å². The van der Waals surface area contributed by atoms with Crippen molar-refractivity contribution in [2.45, 2.75) is 38.4 Å². The van der Waals surface area contributed by atoms with Gasteiger partial charge >= 0.3 is 0 Å². The molecular weight excluding hydrogens is 372 g/mol. The van der Waals surface area contributed by atoms with Gasteiger partial charge in [-0.25, -0.2) is 0 Å². The molecule has 0 aliphatic carbocycles. The van der Waals surface area contributed by atoms with Gasteiger partial charge in [-0.1, -0.05) is 18.2 Å². The number of aryl methyl sites for hydroxylation is 2. The number of aliphatic hydroxyl groups is 1. The van der Waals surface area contributed by atoms with Crippen molar-refractivity contribution >= 4 is 23.3 Å². The fraction of sp³-hybridized carbons (Fsp3) is 0.500. The summed E-state index contributed by atoms with van der Waals surface area (Å²) in [5, 5.41) is 17.7. The van der Waals surface area contributed by atoms with Crippen LogP contribution < -0.4 is 0 Å². The van der Waals surface area contributed by atoms with Gasteiger partial charge < -0.3 is 19.8 Å². The lowest BCUT2D eigenvalue weighted by atomic mass is 9.74. The van der Waals surface area contributed by atoms with Gasteiger partial charge in [-0.2, -0.15) is 0 Å². The lowest BCUT2D eigenvalue weighted by molar-refractivity contribution is -0.122. The molecule has 3 aliphatic heterocycles. The van der Waals surface area contributed by atoms with Crippen molar-refractivity contribution in [3.8, 4) is 0 Å². The molecular formula is C22H26N2O5. The zero-order valence-electron chi connectivity index (χ0n) is 16.7. The van der Waals surface area contributed by atoms with Crippen LogP contribution in [0.3, 0.4) is 0 Å². The van der Waals surface area contributed by atoms with Crippen molar-refractivity contribution in [2.24, 2.45) is 11.8 Å². The first-order chi connectivity index (χ1) is 13.9. The zero-order chi connectivity index (χ0) is 20.8. The Kier molecular flexibility index (Phi) is 5.04. The number of pyridine rings is 1. The van der Waals surface area contributed by atoms with Crippen LogP contribution in [0.1, 0.15) is 34.5 Å². The first-order valence-corrected chi connectivity index (χ1v) is 9.97. The fourth-order valence-corrected chi connectivity index (χ4v) is 5.41. The maximum Gasteiger partial charge on any atom is 0.290 e. The van der Waals surface area contributed by atoms with Crippen LogP contribution in [-0.2, 0) is 9.53 Å². The minimum absolute atomic E-state index is 0.0333. The number of benzene rings is 1. The third-order valence-electron chi connectivity index (χ3n) is 6.75. The highest BCUT2D eigenvalue weighted by molar-refractivity contribution is 5.99. The number of aliphatic hydroxyl groups excluding tert-OH is 1. The van der Waals surface area contributed by atoms with Crippen LogP contribution in [0, 0.1) is 25.7 Å². The van der Waals surface area contributed by atoms with Gasteiger partial charge in [0.25, 0.3) is 12.4 Å². The minimum atomic E-state index is -0.250. The van der Waals surface area contributed by atoms with Crippen molar-refractivity contribution in [1.82, 2.24) is 9.88 Å². The summed E-state index contributed by atoms with van der Waals surface area (Å²) in [5.74, 6) is 0.456. The predicted molar refractivity (Wildman–Crippen MR) is 107 cm³/mol. The standard InChI is InChI=1S/C21H24N2O3.CH2O2/c1-12-4-3-5-14-8-15(13(2)22-19(12)14)20(25)23-9-17-16(10-24)18-6-7-21(17,11-23)26-18;2-1-3/h3-5,8,16-18,24H,6-7,9-11H2,1-2H3;1H,(H,2,3)/t16-,17+,18+,21+;/m0./s1. The van der Waals surface area contributed by atoms with Crippen LogP contribution in [0.25, 0.3) is 10.9 Å². The number of likely N-dealkylation sites (tertiary alicyclic amines) is 1. The van der Waals surface area contributed by atoms with Gasteiger partial charge in [-0.3, -0.25) is 14.6 Å². The van der Waals surface area contributed by atoms with Crippen molar-refractivity contribution in [3.63, 3.8) is 0 Å². The highest BCUT2D eigenvalue weighted by Crippen LogP contribution is 2.54. The van der Waals surface area contributed by atoms with Crippen LogP contribution in [0.4, 0.5) is 0 Å². The van der Waals surface area contributed by atoms with E-state index in [0.717, 1.165) is 35.0 Å². The first-order valence-electron chi connectivity index (χ1n) is 9.97. The lowest BCUT2D eigenvalue weighted by Gasteiger charge is -2.27. The summed E-state index contributed by atoms with van der Waals surface area (Å²) in [6.07, 6.45) is 2.17. The second-order valence-corrected chi connectivity index (χ2v) is 8.27. The number of para-hydroxylation sites is 1. The fourth-order valence-electron chi connectivity index (χ4n) is 5.41. The monoisotopic (exact) mass is 398 g/mol. The van der Waals surface area contributed by atoms with E-state index in [2.05, 4.69) is 0 Å². The summed E-state index contributed by atoms with van der Waals surface area (Å²) in [5.41, 5.74) is 3.30. The lowest BCUT2D eigenvalue weighted by Crippen LogP contribution is -2.38. The number of carboxylic acid groups (broad SMARTS) is 1. The zero-order valence-corrected chi connectivity index (χ0v) is 16.7. The predicted octanol–water partition coefficient (Wildman–Crippen LogP) is 2.16. The Bertz CT molecular complexity index is 962. The molecule has 2 aromatic rings. The Hall–Kier alpha value is -2.51. The normalized spacial score (nSPS) is 29.5. The quantitative estimate of drug-likeness (QED) is 0.752. The van der Waals surface area contributed by atoms with Crippen molar-refractivity contribution in [1.29, 1.82) is 0 Å². The molecule has 0 radical (unpaired) electrons. The van der Waals surface area contributed by atoms with Crippen LogP contribution in [0.2, 0.25) is 0 Å². The summed E-state index contributed by atoms with van der Waals surface area (Å²) in [7, 11) is 0. The van der Waals surface area contributed by atoms with Crippen molar-refractivity contribution < 1.29 is 24.5 Å². The highest BCUT2D eigenvalue weighted by atomic mass is 16.5. The highest BCUT2D eigenvalue weighted by Gasteiger charge is 2.63. The molecule has 1 amide bonds. The number of fused-ring (bicyclic) bond motifs is 2.